The molecule has 3 aromatic rings. The minimum absolute atomic E-state index is 0.332. The molecule has 0 atom stereocenters. The Morgan fingerprint density at radius 3 is 2.45 bits per heavy atom. The summed E-state index contributed by atoms with van der Waals surface area (Å²) in [5, 5.41) is 3.27. The van der Waals surface area contributed by atoms with Crippen LogP contribution in [0.4, 0.5) is 5.00 Å². The summed E-state index contributed by atoms with van der Waals surface area (Å²) >= 11 is 4.76. The maximum absolute atomic E-state index is 12.6. The molecule has 1 amide bonds. The van der Waals surface area contributed by atoms with Crippen LogP contribution in [0, 0.1) is 6.92 Å². The number of halogens is 1. The largest absolute Gasteiger partial charge is 0.496 e. The molecule has 0 saturated heterocycles. The maximum atomic E-state index is 12.6. The molecule has 6 nitrogen and oxygen atoms in total. The molecule has 1 N–H and O–H groups in total. The second-order valence-electron chi connectivity index (χ2n) is 6.90. The number of nitrogens with one attached hydrogen (secondary N) is 1. The van der Waals surface area contributed by atoms with Gasteiger partial charge in [0.2, 0.25) is 5.91 Å². The lowest BCUT2D eigenvalue weighted by Crippen LogP contribution is -2.11. The van der Waals surface area contributed by atoms with Gasteiger partial charge in [-0.3, -0.25) is 4.79 Å². The van der Waals surface area contributed by atoms with Gasteiger partial charge in [-0.25, -0.2) is 4.79 Å². The number of methoxy groups -OCH3 is 2. The summed E-state index contributed by atoms with van der Waals surface area (Å²) < 4.78 is 16.5. The third-order valence-electron chi connectivity index (χ3n) is 4.77. The van der Waals surface area contributed by atoms with E-state index in [1.54, 1.807) is 13.2 Å². The maximum Gasteiger partial charge on any atom is 0.341 e. The van der Waals surface area contributed by atoms with Gasteiger partial charge in [-0.05, 0) is 71.2 Å². The lowest BCUT2D eigenvalue weighted by atomic mass is 10.0. The van der Waals surface area contributed by atoms with E-state index < -0.39 is 5.97 Å². The molecule has 0 aliphatic heterocycles. The second-order valence-corrected chi connectivity index (χ2v) is 8.98. The van der Waals surface area contributed by atoms with Crippen molar-refractivity contribution in [1.29, 1.82) is 0 Å². The zero-order chi connectivity index (χ0) is 24.0. The average Bonchev–Trinajstić information content (AvgIpc) is 3.13. The van der Waals surface area contributed by atoms with E-state index in [1.807, 2.05) is 56.3 Å². The Kier molecular flexibility index (Phi) is 8.30. The predicted octanol–water partition coefficient (Wildman–Crippen LogP) is 6.33. The summed E-state index contributed by atoms with van der Waals surface area (Å²) in [6.45, 7) is 4.40. The van der Waals surface area contributed by atoms with Crippen LogP contribution in [-0.2, 0) is 9.53 Å². The van der Waals surface area contributed by atoms with Crippen LogP contribution in [0.25, 0.3) is 17.2 Å². The van der Waals surface area contributed by atoms with E-state index in [0.717, 1.165) is 31.8 Å². The third kappa shape index (κ3) is 5.83. The molecule has 172 valence electrons. The minimum Gasteiger partial charge on any atom is -0.496 e. The standard InChI is InChI=1S/C25H24BrNO5S/c1-5-32-18-10-8-17(9-11-18)22-15(2)33-24(23(22)25(29)31-4)27-21(28)13-7-16-6-12-20(30-3)19(26)14-16/h6-14H,5H2,1-4H3,(H,27,28)/b13-7+. The predicted molar refractivity (Wildman–Crippen MR) is 135 cm³/mol. The fourth-order valence-electron chi connectivity index (χ4n) is 3.27. The molecule has 0 saturated carbocycles. The van der Waals surface area contributed by atoms with E-state index in [2.05, 4.69) is 21.2 Å². The van der Waals surface area contributed by atoms with Crippen molar-refractivity contribution in [2.45, 2.75) is 13.8 Å². The molecule has 1 heterocycles. The molecular formula is C25H24BrNO5S. The Bertz CT molecular complexity index is 1180. The van der Waals surface area contributed by atoms with Crippen molar-refractivity contribution in [2.75, 3.05) is 26.1 Å². The van der Waals surface area contributed by atoms with E-state index in [9.17, 15) is 9.59 Å². The summed E-state index contributed by atoms with van der Waals surface area (Å²) in [7, 11) is 2.91. The van der Waals surface area contributed by atoms with Gasteiger partial charge in [0.1, 0.15) is 22.1 Å². The van der Waals surface area contributed by atoms with Crippen LogP contribution in [0.3, 0.4) is 0 Å². The number of carbonyl (C=O) groups is 2. The van der Waals surface area contributed by atoms with Crippen molar-refractivity contribution in [2.24, 2.45) is 0 Å². The van der Waals surface area contributed by atoms with E-state index in [-0.39, 0.29) is 5.91 Å². The number of carbonyl (C=O) groups excluding carboxylic acids is 2. The van der Waals surface area contributed by atoms with Gasteiger partial charge in [-0.2, -0.15) is 0 Å². The average molecular weight is 530 g/mol. The van der Waals surface area contributed by atoms with Crippen LogP contribution in [0.1, 0.15) is 27.7 Å². The molecule has 0 radical (unpaired) electrons. The van der Waals surface area contributed by atoms with Crippen molar-refractivity contribution >= 4 is 50.2 Å². The number of rotatable bonds is 8. The van der Waals surface area contributed by atoms with Crippen molar-refractivity contribution in [3.05, 3.63) is 69.0 Å². The molecule has 1 aromatic heterocycles. The van der Waals surface area contributed by atoms with Crippen LogP contribution in [-0.4, -0.2) is 32.7 Å². The first kappa shape index (κ1) is 24.5. The van der Waals surface area contributed by atoms with Gasteiger partial charge in [-0.1, -0.05) is 18.2 Å². The summed E-state index contributed by atoms with van der Waals surface area (Å²) in [5.41, 5.74) is 2.72. The Morgan fingerprint density at radius 1 is 1.12 bits per heavy atom. The van der Waals surface area contributed by atoms with E-state index >= 15 is 0 Å². The molecule has 0 fully saturated rings. The first-order valence-corrected chi connectivity index (χ1v) is 11.8. The van der Waals surface area contributed by atoms with Gasteiger partial charge < -0.3 is 19.5 Å². The number of amides is 1. The number of aryl methyl sites for hydroxylation is 1. The van der Waals surface area contributed by atoms with Gasteiger partial charge in [0.15, 0.2) is 0 Å². The monoisotopic (exact) mass is 529 g/mol. The van der Waals surface area contributed by atoms with Gasteiger partial charge in [-0.15, -0.1) is 11.3 Å². The Labute approximate surface area is 205 Å². The van der Waals surface area contributed by atoms with Crippen LogP contribution >= 0.6 is 27.3 Å². The first-order chi connectivity index (χ1) is 15.9. The number of benzene rings is 2. The Morgan fingerprint density at radius 2 is 1.85 bits per heavy atom. The Balaban J connectivity index is 1.88. The van der Waals surface area contributed by atoms with E-state index in [4.69, 9.17) is 14.2 Å². The SMILES string of the molecule is CCOc1ccc(-c2c(C)sc(NC(=O)/C=C/c3ccc(OC)c(Br)c3)c2C(=O)OC)cc1. The van der Waals surface area contributed by atoms with Gasteiger partial charge >= 0.3 is 5.97 Å². The molecule has 0 aliphatic rings. The van der Waals surface area contributed by atoms with E-state index in [0.29, 0.717) is 22.9 Å². The normalized spacial score (nSPS) is 10.8. The lowest BCUT2D eigenvalue weighted by Gasteiger charge is -2.09. The fraction of sp³-hybridized carbons (Fsp3) is 0.200. The molecular weight excluding hydrogens is 506 g/mol. The first-order valence-electron chi connectivity index (χ1n) is 10.2. The van der Waals surface area contributed by atoms with Gasteiger partial charge in [0.05, 0.1) is 25.3 Å². The highest BCUT2D eigenvalue weighted by molar-refractivity contribution is 9.10. The fourth-order valence-corrected chi connectivity index (χ4v) is 4.90. The van der Waals surface area contributed by atoms with E-state index in [1.165, 1.54) is 24.5 Å². The van der Waals surface area contributed by atoms with Crippen molar-refractivity contribution in [1.82, 2.24) is 0 Å². The highest BCUT2D eigenvalue weighted by atomic mass is 79.9. The molecule has 2 aromatic carbocycles. The number of thiophene rings is 1. The quantitative estimate of drug-likeness (QED) is 0.272. The second kappa shape index (κ2) is 11.2. The topological polar surface area (TPSA) is 73.9 Å². The van der Waals surface area contributed by atoms with Crippen LogP contribution in [0.5, 0.6) is 11.5 Å². The molecule has 0 aliphatic carbocycles. The van der Waals surface area contributed by atoms with Crippen LogP contribution in [0.15, 0.2) is 53.0 Å². The highest BCUT2D eigenvalue weighted by Gasteiger charge is 2.24. The Hall–Kier alpha value is -3.10. The molecule has 3 rings (SSSR count). The number of anilines is 1. The zero-order valence-electron chi connectivity index (χ0n) is 18.7. The summed E-state index contributed by atoms with van der Waals surface area (Å²) in [6.07, 6.45) is 3.10. The summed E-state index contributed by atoms with van der Waals surface area (Å²) in [5.74, 6) is 0.584. The van der Waals surface area contributed by atoms with Gasteiger partial charge in [0, 0.05) is 16.5 Å². The molecule has 0 bridgehead atoms. The number of esters is 1. The van der Waals surface area contributed by atoms with Gasteiger partial charge in [0.25, 0.3) is 0 Å². The number of ether oxygens (including phenoxy) is 3. The van der Waals surface area contributed by atoms with Crippen molar-refractivity contribution in [3.63, 3.8) is 0 Å². The zero-order valence-corrected chi connectivity index (χ0v) is 21.1. The number of hydrogen-bond donors (Lipinski definition) is 1. The minimum atomic E-state index is -0.512. The van der Waals surface area contributed by atoms with Crippen molar-refractivity contribution in [3.8, 4) is 22.6 Å². The highest BCUT2D eigenvalue weighted by Crippen LogP contribution is 2.40. The van der Waals surface area contributed by atoms with Crippen LogP contribution < -0.4 is 14.8 Å². The summed E-state index contributed by atoms with van der Waals surface area (Å²) in [4.78, 5) is 26.2. The molecule has 33 heavy (non-hydrogen) atoms. The lowest BCUT2D eigenvalue weighted by molar-refractivity contribution is -0.111. The molecule has 8 heteroatoms. The van der Waals surface area contributed by atoms with Crippen molar-refractivity contribution < 1.29 is 23.8 Å². The molecule has 0 unspecified atom stereocenters. The molecule has 0 spiro atoms. The van der Waals surface area contributed by atoms with Crippen LogP contribution in [0.2, 0.25) is 0 Å². The summed E-state index contributed by atoms with van der Waals surface area (Å²) in [6, 6.07) is 13.0. The number of hydrogen-bond acceptors (Lipinski definition) is 6. The third-order valence-corrected chi connectivity index (χ3v) is 6.41. The smallest absolute Gasteiger partial charge is 0.341 e.